The molecular weight excluding hydrogens is 274 g/mol. The van der Waals surface area contributed by atoms with Crippen LogP contribution in [0.25, 0.3) is 0 Å². The summed E-state index contributed by atoms with van der Waals surface area (Å²) in [5, 5.41) is 15.4. The average Bonchev–Trinajstić information content (AvgIpc) is 2.50. The van der Waals surface area contributed by atoms with Crippen LogP contribution in [0.1, 0.15) is 56.5 Å². The van der Waals surface area contributed by atoms with Gasteiger partial charge in [0.15, 0.2) is 0 Å². The number of benzene rings is 1. The first-order valence-electron chi connectivity index (χ1n) is 7.89. The Morgan fingerprint density at radius 2 is 2.14 bits per heavy atom. The van der Waals surface area contributed by atoms with Crippen molar-refractivity contribution in [1.82, 2.24) is 10.6 Å². The maximum Gasteiger partial charge on any atom is 0.251 e. The molecule has 4 heteroatoms. The minimum absolute atomic E-state index is 0.0256. The van der Waals surface area contributed by atoms with Crippen LogP contribution in [-0.2, 0) is 6.54 Å². The van der Waals surface area contributed by atoms with Crippen molar-refractivity contribution in [2.24, 2.45) is 5.41 Å². The average molecular weight is 301 g/mol. The lowest BCUT2D eigenvalue weighted by Crippen LogP contribution is -2.30. The smallest absolute Gasteiger partial charge is 0.251 e. The Morgan fingerprint density at radius 3 is 2.77 bits per heavy atom. The molecule has 1 amide bonds. The predicted molar refractivity (Wildman–Crippen MR) is 89.4 cm³/mol. The van der Waals surface area contributed by atoms with Crippen LogP contribution < -0.4 is 10.6 Å². The maximum atomic E-state index is 12.0. The summed E-state index contributed by atoms with van der Waals surface area (Å²) in [5.74, 6) is -0.0256. The van der Waals surface area contributed by atoms with Gasteiger partial charge in [0.25, 0.3) is 5.91 Å². The molecule has 0 aromatic heterocycles. The van der Waals surface area contributed by atoms with Crippen molar-refractivity contribution in [2.45, 2.75) is 53.1 Å². The molecule has 4 nitrogen and oxygen atoms in total. The van der Waals surface area contributed by atoms with E-state index in [9.17, 15) is 4.79 Å². The van der Waals surface area contributed by atoms with Crippen LogP contribution in [0.5, 0.6) is 0 Å². The van der Waals surface area contributed by atoms with Gasteiger partial charge in [-0.25, -0.2) is 0 Å². The molecule has 0 aliphatic carbocycles. The fourth-order valence-electron chi connectivity index (χ4n) is 2.34. The Morgan fingerprint density at radius 1 is 1.41 bits per heavy atom. The Hall–Kier alpha value is -1.86. The highest BCUT2D eigenvalue weighted by Gasteiger charge is 2.20. The zero-order valence-corrected chi connectivity index (χ0v) is 14.1. The number of hydrogen-bond acceptors (Lipinski definition) is 3. The minimum Gasteiger partial charge on any atom is -0.352 e. The van der Waals surface area contributed by atoms with E-state index in [2.05, 4.69) is 23.6 Å². The van der Waals surface area contributed by atoms with Crippen molar-refractivity contribution < 1.29 is 4.79 Å². The molecule has 0 heterocycles. The van der Waals surface area contributed by atoms with Crippen LogP contribution in [0.3, 0.4) is 0 Å². The van der Waals surface area contributed by atoms with Crippen molar-refractivity contribution in [3.63, 3.8) is 0 Å². The number of hydrogen-bond donors (Lipinski definition) is 2. The summed E-state index contributed by atoms with van der Waals surface area (Å²) in [6, 6.07) is 10.2. The number of carbonyl (C=O) groups is 1. The first kappa shape index (κ1) is 18.2. The Labute approximate surface area is 133 Å². The van der Waals surface area contributed by atoms with Gasteiger partial charge in [0, 0.05) is 24.7 Å². The van der Waals surface area contributed by atoms with Crippen LogP contribution >= 0.6 is 0 Å². The molecule has 2 N–H and O–H groups in total. The zero-order chi connectivity index (χ0) is 16.6. The number of nitrogens with one attached hydrogen (secondary N) is 2. The van der Waals surface area contributed by atoms with Crippen LogP contribution in [0, 0.1) is 16.7 Å². The molecule has 0 aliphatic heterocycles. The third-order valence-corrected chi connectivity index (χ3v) is 3.50. The SMILES string of the molecule is CCCNC(=O)c1cccc(CNC(C)CC(C)(C)C#N)c1. The first-order chi connectivity index (χ1) is 10.4. The number of carbonyl (C=O) groups excluding carboxylic acids is 1. The Balaban J connectivity index is 2.57. The van der Waals surface area contributed by atoms with E-state index in [-0.39, 0.29) is 17.4 Å². The van der Waals surface area contributed by atoms with Gasteiger partial charge in [-0.05, 0) is 51.3 Å². The summed E-state index contributed by atoms with van der Waals surface area (Å²) >= 11 is 0. The standard InChI is InChI=1S/C18H27N3O/c1-5-9-20-17(22)16-8-6-7-15(10-16)12-21-14(2)11-18(3,4)13-19/h6-8,10,14,21H,5,9,11-12H2,1-4H3,(H,20,22). The van der Waals surface area contributed by atoms with Crippen LogP contribution in [-0.4, -0.2) is 18.5 Å². The molecule has 0 aliphatic rings. The van der Waals surface area contributed by atoms with E-state index in [4.69, 9.17) is 5.26 Å². The highest BCUT2D eigenvalue weighted by molar-refractivity contribution is 5.94. The third-order valence-electron chi connectivity index (χ3n) is 3.50. The quantitative estimate of drug-likeness (QED) is 0.774. The van der Waals surface area contributed by atoms with E-state index >= 15 is 0 Å². The van der Waals surface area contributed by atoms with Crippen LogP contribution in [0.4, 0.5) is 0 Å². The fraction of sp³-hybridized carbons (Fsp3) is 0.556. The summed E-state index contributed by atoms with van der Waals surface area (Å²) in [4.78, 5) is 12.0. The van der Waals surface area contributed by atoms with Crippen LogP contribution in [0.2, 0.25) is 0 Å². The Kier molecular flexibility index (Phi) is 7.07. The summed E-state index contributed by atoms with van der Waals surface area (Å²) in [6.45, 7) is 9.40. The summed E-state index contributed by atoms with van der Waals surface area (Å²) in [6.07, 6.45) is 1.72. The highest BCUT2D eigenvalue weighted by atomic mass is 16.1. The third kappa shape index (κ3) is 6.28. The second kappa shape index (κ2) is 8.55. The Bertz CT molecular complexity index is 531. The molecule has 1 atom stereocenters. The molecule has 0 spiro atoms. The predicted octanol–water partition coefficient (Wildman–Crippen LogP) is 3.24. The zero-order valence-electron chi connectivity index (χ0n) is 14.1. The lowest BCUT2D eigenvalue weighted by atomic mass is 9.88. The molecule has 0 saturated heterocycles. The summed E-state index contributed by atoms with van der Waals surface area (Å²) in [5.41, 5.74) is 1.44. The van der Waals surface area contributed by atoms with Gasteiger partial charge < -0.3 is 10.6 Å². The molecule has 120 valence electrons. The molecule has 22 heavy (non-hydrogen) atoms. The second-order valence-corrected chi connectivity index (χ2v) is 6.44. The van der Waals surface area contributed by atoms with Crippen molar-refractivity contribution in [2.75, 3.05) is 6.54 Å². The maximum absolute atomic E-state index is 12.0. The summed E-state index contributed by atoms with van der Waals surface area (Å²) < 4.78 is 0. The van der Waals surface area contributed by atoms with Gasteiger partial charge in [0.1, 0.15) is 0 Å². The van der Waals surface area contributed by atoms with Gasteiger partial charge in [-0.15, -0.1) is 0 Å². The lowest BCUT2D eigenvalue weighted by molar-refractivity contribution is 0.0953. The normalized spacial score (nSPS) is 12.5. The van der Waals surface area contributed by atoms with Crippen molar-refractivity contribution in [3.8, 4) is 6.07 Å². The molecule has 0 fully saturated rings. The molecule has 0 saturated carbocycles. The van der Waals surface area contributed by atoms with Crippen LogP contribution in [0.15, 0.2) is 24.3 Å². The van der Waals surface area contributed by atoms with E-state index in [0.717, 1.165) is 18.4 Å². The fourth-order valence-corrected chi connectivity index (χ4v) is 2.34. The van der Waals surface area contributed by atoms with Gasteiger partial charge in [-0.2, -0.15) is 5.26 Å². The molecule has 1 aromatic rings. The topological polar surface area (TPSA) is 64.9 Å². The lowest BCUT2D eigenvalue weighted by Gasteiger charge is -2.21. The summed E-state index contributed by atoms with van der Waals surface area (Å²) in [7, 11) is 0. The van der Waals surface area contributed by atoms with E-state index in [1.165, 1.54) is 0 Å². The van der Waals surface area contributed by atoms with Gasteiger partial charge in [0.2, 0.25) is 0 Å². The molecule has 0 radical (unpaired) electrons. The molecule has 1 unspecified atom stereocenters. The van der Waals surface area contributed by atoms with Gasteiger partial charge in [0.05, 0.1) is 11.5 Å². The van der Waals surface area contributed by atoms with E-state index < -0.39 is 0 Å². The van der Waals surface area contributed by atoms with Crippen molar-refractivity contribution in [3.05, 3.63) is 35.4 Å². The van der Waals surface area contributed by atoms with E-state index in [1.54, 1.807) is 0 Å². The largest absolute Gasteiger partial charge is 0.352 e. The van der Waals surface area contributed by atoms with Crippen molar-refractivity contribution >= 4 is 5.91 Å². The highest BCUT2D eigenvalue weighted by Crippen LogP contribution is 2.20. The van der Waals surface area contributed by atoms with E-state index in [0.29, 0.717) is 18.7 Å². The number of rotatable bonds is 8. The second-order valence-electron chi connectivity index (χ2n) is 6.44. The van der Waals surface area contributed by atoms with Gasteiger partial charge in [-0.3, -0.25) is 4.79 Å². The molecular formula is C18H27N3O. The number of nitriles is 1. The number of amides is 1. The molecule has 1 aromatic carbocycles. The molecule has 1 rings (SSSR count). The van der Waals surface area contributed by atoms with Crippen molar-refractivity contribution in [1.29, 1.82) is 5.26 Å². The van der Waals surface area contributed by atoms with Gasteiger partial charge in [-0.1, -0.05) is 19.1 Å². The first-order valence-corrected chi connectivity index (χ1v) is 7.89. The monoisotopic (exact) mass is 301 g/mol. The molecule has 0 bridgehead atoms. The van der Waals surface area contributed by atoms with E-state index in [1.807, 2.05) is 45.0 Å². The number of nitrogens with zero attached hydrogens (tertiary/aromatic N) is 1. The van der Waals surface area contributed by atoms with Gasteiger partial charge >= 0.3 is 0 Å². The minimum atomic E-state index is -0.325.